The minimum atomic E-state index is -0.760. The summed E-state index contributed by atoms with van der Waals surface area (Å²) in [7, 11) is 0. The second-order valence-corrected chi connectivity index (χ2v) is 7.03. The highest BCUT2D eigenvalue weighted by Crippen LogP contribution is 2.28. The monoisotopic (exact) mass is 373 g/mol. The van der Waals surface area contributed by atoms with Gasteiger partial charge in [-0.3, -0.25) is 9.69 Å². The van der Waals surface area contributed by atoms with Crippen molar-refractivity contribution in [1.82, 2.24) is 4.90 Å². The summed E-state index contributed by atoms with van der Waals surface area (Å²) in [4.78, 5) is 13.0. The molecule has 1 atom stereocenters. The number of carboxylic acid groups (broad SMARTS) is 1. The fourth-order valence-electron chi connectivity index (χ4n) is 3.31. The molecule has 0 amide bonds. The van der Waals surface area contributed by atoms with Gasteiger partial charge in [-0.15, -0.1) is 0 Å². The third-order valence-electron chi connectivity index (χ3n) is 4.75. The number of halogens is 1. The Bertz CT molecular complexity index is 732. The lowest BCUT2D eigenvalue weighted by Crippen LogP contribution is -2.42. The Morgan fingerprint density at radius 3 is 2.65 bits per heavy atom. The van der Waals surface area contributed by atoms with Gasteiger partial charge in [-0.2, -0.15) is 0 Å². The van der Waals surface area contributed by atoms with E-state index in [1.165, 1.54) is 0 Å². The molecule has 4 nitrogen and oxygen atoms in total. The average molecular weight is 374 g/mol. The molecule has 0 spiro atoms. The van der Waals surface area contributed by atoms with Crippen molar-refractivity contribution < 1.29 is 14.6 Å². The first-order chi connectivity index (χ1) is 12.6. The maximum atomic E-state index is 10.8. The van der Waals surface area contributed by atoms with E-state index in [9.17, 15) is 4.79 Å². The van der Waals surface area contributed by atoms with Crippen molar-refractivity contribution >= 4 is 17.6 Å². The lowest BCUT2D eigenvalue weighted by atomic mass is 10.0. The largest absolute Gasteiger partial charge is 0.481 e. The van der Waals surface area contributed by atoms with Crippen molar-refractivity contribution in [3.63, 3.8) is 0 Å². The van der Waals surface area contributed by atoms with Gasteiger partial charge in [-0.05, 0) is 36.5 Å². The Kier molecular flexibility index (Phi) is 6.67. The molecule has 1 aliphatic rings. The molecule has 1 aliphatic heterocycles. The van der Waals surface area contributed by atoms with E-state index in [1.54, 1.807) is 0 Å². The van der Waals surface area contributed by atoms with Crippen LogP contribution in [0.4, 0.5) is 0 Å². The molecule has 0 aliphatic carbocycles. The summed E-state index contributed by atoms with van der Waals surface area (Å²) < 4.78 is 6.09. The van der Waals surface area contributed by atoms with Crippen LogP contribution in [0, 0.1) is 0 Å². The predicted octanol–water partition coefficient (Wildman–Crippen LogP) is 4.81. The van der Waals surface area contributed by atoms with Gasteiger partial charge in [0.15, 0.2) is 0 Å². The zero-order valence-electron chi connectivity index (χ0n) is 14.7. The number of carboxylic acids is 1. The summed E-state index contributed by atoms with van der Waals surface area (Å²) in [5.41, 5.74) is 3.21. The Morgan fingerprint density at radius 2 is 1.92 bits per heavy atom. The van der Waals surface area contributed by atoms with E-state index < -0.39 is 5.97 Å². The van der Waals surface area contributed by atoms with Crippen LogP contribution in [-0.2, 0) is 16.1 Å². The van der Waals surface area contributed by atoms with Crippen LogP contribution >= 0.6 is 11.6 Å². The molecule has 2 aromatic rings. The van der Waals surface area contributed by atoms with Crippen LogP contribution in [0.1, 0.15) is 31.2 Å². The molecule has 26 heavy (non-hydrogen) atoms. The fraction of sp³-hybridized carbons (Fsp3) is 0.381. The number of likely N-dealkylation sites (tertiary alicyclic amines) is 1. The predicted molar refractivity (Wildman–Crippen MR) is 103 cm³/mol. The highest BCUT2D eigenvalue weighted by atomic mass is 35.5. The van der Waals surface area contributed by atoms with Gasteiger partial charge in [0.1, 0.15) is 6.23 Å². The number of ether oxygens (including phenoxy) is 1. The maximum absolute atomic E-state index is 10.8. The molecule has 3 rings (SSSR count). The first-order valence-corrected chi connectivity index (χ1v) is 9.42. The standard InChI is InChI=1S/C21H24ClNO3/c22-19-6-2-1-5-18(19)17-10-8-16(9-11-17)15-26-20-7-3-4-13-23(20)14-12-21(24)25/h1-2,5-6,8-11,20H,3-4,7,12-15H2,(H,24,25). The van der Waals surface area contributed by atoms with Gasteiger partial charge in [0, 0.05) is 23.7 Å². The van der Waals surface area contributed by atoms with E-state index in [-0.39, 0.29) is 12.6 Å². The minimum absolute atomic E-state index is 0.00587. The SMILES string of the molecule is O=C(O)CCN1CCCCC1OCc1ccc(-c2ccccc2Cl)cc1. The molecule has 1 N–H and O–H groups in total. The van der Waals surface area contributed by atoms with Crippen molar-refractivity contribution in [2.45, 2.75) is 38.5 Å². The smallest absolute Gasteiger partial charge is 0.304 e. The number of rotatable bonds is 7. The molecule has 138 valence electrons. The summed E-state index contributed by atoms with van der Waals surface area (Å²) >= 11 is 6.26. The molecular formula is C21H24ClNO3. The van der Waals surface area contributed by atoms with Crippen molar-refractivity contribution in [2.24, 2.45) is 0 Å². The van der Waals surface area contributed by atoms with Gasteiger partial charge in [0.05, 0.1) is 13.0 Å². The molecular weight excluding hydrogens is 350 g/mol. The van der Waals surface area contributed by atoms with Crippen LogP contribution in [0.5, 0.6) is 0 Å². The van der Waals surface area contributed by atoms with Gasteiger partial charge in [0.25, 0.3) is 0 Å². The Hall–Kier alpha value is -1.88. The summed E-state index contributed by atoms with van der Waals surface area (Å²) in [5, 5.41) is 9.64. The molecule has 0 saturated carbocycles. The van der Waals surface area contributed by atoms with Gasteiger partial charge in [0.2, 0.25) is 0 Å². The van der Waals surface area contributed by atoms with Crippen LogP contribution in [0.25, 0.3) is 11.1 Å². The van der Waals surface area contributed by atoms with E-state index in [2.05, 4.69) is 29.2 Å². The van der Waals surface area contributed by atoms with Crippen molar-refractivity contribution in [3.8, 4) is 11.1 Å². The van der Waals surface area contributed by atoms with E-state index in [1.807, 2.05) is 24.3 Å². The van der Waals surface area contributed by atoms with E-state index in [0.717, 1.165) is 47.5 Å². The number of carbonyl (C=O) groups is 1. The Morgan fingerprint density at radius 1 is 1.15 bits per heavy atom. The molecule has 0 radical (unpaired) electrons. The maximum Gasteiger partial charge on any atom is 0.304 e. The summed E-state index contributed by atoms with van der Waals surface area (Å²) in [6.45, 7) is 1.98. The number of piperidine rings is 1. The topological polar surface area (TPSA) is 49.8 Å². The fourth-order valence-corrected chi connectivity index (χ4v) is 3.56. The number of hydrogen-bond donors (Lipinski definition) is 1. The third-order valence-corrected chi connectivity index (χ3v) is 5.08. The van der Waals surface area contributed by atoms with Crippen LogP contribution < -0.4 is 0 Å². The highest BCUT2D eigenvalue weighted by Gasteiger charge is 2.23. The molecule has 1 unspecified atom stereocenters. The van der Waals surface area contributed by atoms with E-state index >= 15 is 0 Å². The molecule has 0 bridgehead atoms. The second-order valence-electron chi connectivity index (χ2n) is 6.62. The quantitative estimate of drug-likeness (QED) is 0.756. The number of aliphatic carboxylic acids is 1. The third kappa shape index (κ3) is 5.07. The van der Waals surface area contributed by atoms with Crippen molar-refractivity contribution in [3.05, 3.63) is 59.1 Å². The number of hydrogen-bond acceptors (Lipinski definition) is 3. The van der Waals surface area contributed by atoms with Crippen LogP contribution in [0.2, 0.25) is 5.02 Å². The number of nitrogens with zero attached hydrogens (tertiary/aromatic N) is 1. The molecule has 0 aromatic heterocycles. The van der Waals surface area contributed by atoms with E-state index in [0.29, 0.717) is 13.2 Å². The van der Waals surface area contributed by atoms with Crippen LogP contribution in [-0.4, -0.2) is 35.3 Å². The Labute approximate surface area is 159 Å². The first-order valence-electron chi connectivity index (χ1n) is 9.05. The van der Waals surface area contributed by atoms with E-state index in [4.69, 9.17) is 21.4 Å². The summed E-state index contributed by atoms with van der Waals surface area (Å²) in [6, 6.07) is 16.0. The van der Waals surface area contributed by atoms with Crippen LogP contribution in [0.15, 0.2) is 48.5 Å². The lowest BCUT2D eigenvalue weighted by Gasteiger charge is -2.35. The zero-order chi connectivity index (χ0) is 18.4. The molecule has 2 aromatic carbocycles. The summed E-state index contributed by atoms with van der Waals surface area (Å²) in [5.74, 6) is -0.760. The number of benzene rings is 2. The lowest BCUT2D eigenvalue weighted by molar-refractivity contribution is -0.139. The minimum Gasteiger partial charge on any atom is -0.481 e. The van der Waals surface area contributed by atoms with Crippen LogP contribution in [0.3, 0.4) is 0 Å². The van der Waals surface area contributed by atoms with Gasteiger partial charge >= 0.3 is 5.97 Å². The highest BCUT2D eigenvalue weighted by molar-refractivity contribution is 6.33. The summed E-state index contributed by atoms with van der Waals surface area (Å²) in [6.07, 6.45) is 3.35. The molecule has 1 heterocycles. The average Bonchev–Trinajstić information content (AvgIpc) is 2.66. The molecule has 1 saturated heterocycles. The molecule has 1 fully saturated rings. The second kappa shape index (κ2) is 9.17. The normalized spacial score (nSPS) is 18.0. The first kappa shape index (κ1) is 18.9. The van der Waals surface area contributed by atoms with Gasteiger partial charge in [-0.25, -0.2) is 0 Å². The molecule has 5 heteroatoms. The van der Waals surface area contributed by atoms with Crippen molar-refractivity contribution in [2.75, 3.05) is 13.1 Å². The Balaban J connectivity index is 1.58. The van der Waals surface area contributed by atoms with Gasteiger partial charge in [-0.1, -0.05) is 54.1 Å². The van der Waals surface area contributed by atoms with Crippen molar-refractivity contribution in [1.29, 1.82) is 0 Å². The van der Waals surface area contributed by atoms with Gasteiger partial charge < -0.3 is 9.84 Å². The zero-order valence-corrected chi connectivity index (χ0v) is 15.5.